The molecule has 1 atom stereocenters. The zero-order valence-corrected chi connectivity index (χ0v) is 10.2. The number of aliphatic hydroxyl groups excluding tert-OH is 1. The Kier molecular flexibility index (Phi) is 8.62. The molecule has 0 saturated carbocycles. The highest BCUT2D eigenvalue weighted by Gasteiger charge is 2.10. The number of Topliss-reactive ketones (excluding diaryl/α,β-unsaturated/α-hetero) is 1. The maximum Gasteiger partial charge on any atom is 0.135 e. The minimum Gasteiger partial charge on any atom is -0.391 e. The van der Waals surface area contributed by atoms with E-state index in [0.29, 0.717) is 26.1 Å². The summed E-state index contributed by atoms with van der Waals surface area (Å²) >= 11 is 0. The van der Waals surface area contributed by atoms with E-state index in [2.05, 4.69) is 6.92 Å². The second-order valence-corrected chi connectivity index (χ2v) is 4.24. The van der Waals surface area contributed by atoms with Gasteiger partial charge in [0.25, 0.3) is 0 Å². The summed E-state index contributed by atoms with van der Waals surface area (Å²) in [5.74, 6) is 0.279. The summed E-state index contributed by atoms with van der Waals surface area (Å²) in [7, 11) is 0. The number of unbranched alkanes of at least 4 members (excludes halogenated alkanes) is 1. The van der Waals surface area contributed by atoms with Gasteiger partial charge in [-0.2, -0.15) is 0 Å². The smallest absolute Gasteiger partial charge is 0.135 e. The third-order valence-corrected chi connectivity index (χ3v) is 2.32. The number of carbonyl (C=O) groups is 1. The van der Waals surface area contributed by atoms with Crippen LogP contribution in [0.4, 0.5) is 0 Å². The summed E-state index contributed by atoms with van der Waals surface area (Å²) in [4.78, 5) is 11.3. The van der Waals surface area contributed by atoms with E-state index in [1.165, 1.54) is 0 Å². The molecule has 90 valence electrons. The number of rotatable bonds is 9. The van der Waals surface area contributed by atoms with Gasteiger partial charge in [0.05, 0.1) is 12.7 Å². The van der Waals surface area contributed by atoms with Crippen LogP contribution in [-0.4, -0.2) is 30.2 Å². The Balaban J connectivity index is 3.40. The fourth-order valence-corrected chi connectivity index (χ4v) is 1.15. The van der Waals surface area contributed by atoms with E-state index in [0.717, 1.165) is 12.8 Å². The Morgan fingerprint density at radius 2 is 2.07 bits per heavy atom. The van der Waals surface area contributed by atoms with E-state index in [1.54, 1.807) is 0 Å². The molecule has 0 radical (unpaired) electrons. The molecule has 0 amide bonds. The van der Waals surface area contributed by atoms with E-state index < -0.39 is 6.10 Å². The minimum absolute atomic E-state index is 0.0678. The summed E-state index contributed by atoms with van der Waals surface area (Å²) in [6.45, 7) is 6.91. The van der Waals surface area contributed by atoms with Gasteiger partial charge < -0.3 is 9.84 Å². The first-order valence-corrected chi connectivity index (χ1v) is 5.86. The summed E-state index contributed by atoms with van der Waals surface area (Å²) in [5, 5.41) is 9.50. The number of aliphatic hydroxyl groups is 1. The molecule has 15 heavy (non-hydrogen) atoms. The number of hydrogen-bond donors (Lipinski definition) is 1. The molecule has 1 N–H and O–H groups in total. The lowest BCUT2D eigenvalue weighted by Crippen LogP contribution is -2.18. The molecule has 0 spiro atoms. The van der Waals surface area contributed by atoms with Gasteiger partial charge in [-0.1, -0.05) is 27.2 Å². The van der Waals surface area contributed by atoms with Gasteiger partial charge in [-0.05, 0) is 12.8 Å². The van der Waals surface area contributed by atoms with Crippen molar-refractivity contribution in [2.24, 2.45) is 5.92 Å². The van der Waals surface area contributed by atoms with Crippen LogP contribution in [-0.2, 0) is 9.53 Å². The fourth-order valence-electron chi connectivity index (χ4n) is 1.15. The first-order valence-electron chi connectivity index (χ1n) is 5.86. The second-order valence-electron chi connectivity index (χ2n) is 4.24. The van der Waals surface area contributed by atoms with Crippen molar-refractivity contribution in [3.8, 4) is 0 Å². The number of ether oxygens (including phenoxy) is 1. The molecule has 0 aromatic carbocycles. The molecule has 0 aliphatic carbocycles. The Morgan fingerprint density at radius 1 is 1.40 bits per heavy atom. The van der Waals surface area contributed by atoms with Crippen LogP contribution in [0.25, 0.3) is 0 Å². The van der Waals surface area contributed by atoms with E-state index in [9.17, 15) is 9.90 Å². The van der Waals surface area contributed by atoms with Crippen molar-refractivity contribution in [3.63, 3.8) is 0 Å². The molecule has 0 saturated heterocycles. The van der Waals surface area contributed by atoms with Crippen LogP contribution in [0.5, 0.6) is 0 Å². The highest BCUT2D eigenvalue weighted by atomic mass is 16.5. The normalized spacial score (nSPS) is 13.1. The predicted molar refractivity (Wildman–Crippen MR) is 60.8 cm³/mol. The molecule has 0 heterocycles. The van der Waals surface area contributed by atoms with Crippen molar-refractivity contribution >= 4 is 5.78 Å². The molecule has 0 aliphatic heterocycles. The molecule has 1 unspecified atom stereocenters. The number of hydrogen-bond acceptors (Lipinski definition) is 3. The van der Waals surface area contributed by atoms with Crippen molar-refractivity contribution < 1.29 is 14.6 Å². The molecule has 0 bridgehead atoms. The quantitative estimate of drug-likeness (QED) is 0.601. The first-order chi connectivity index (χ1) is 7.07. The zero-order chi connectivity index (χ0) is 11.7. The lowest BCUT2D eigenvalue weighted by molar-refractivity contribution is -0.122. The van der Waals surface area contributed by atoms with Crippen molar-refractivity contribution in [3.05, 3.63) is 0 Å². The van der Waals surface area contributed by atoms with Gasteiger partial charge >= 0.3 is 0 Å². The third kappa shape index (κ3) is 8.58. The lowest BCUT2D eigenvalue weighted by Gasteiger charge is -2.11. The standard InChI is InChI=1S/C12H24O3/c1-4-5-8-15-9-11(13)6-7-12(14)10(2)3/h10-11,13H,4-9H2,1-3H3. The maximum absolute atomic E-state index is 11.3. The fraction of sp³-hybridized carbons (Fsp3) is 0.917. The van der Waals surface area contributed by atoms with Crippen molar-refractivity contribution in [1.82, 2.24) is 0 Å². The van der Waals surface area contributed by atoms with Crippen LogP contribution < -0.4 is 0 Å². The lowest BCUT2D eigenvalue weighted by atomic mass is 10.0. The molecule has 3 nitrogen and oxygen atoms in total. The molecule has 0 rings (SSSR count). The Morgan fingerprint density at radius 3 is 2.60 bits per heavy atom. The summed E-state index contributed by atoms with van der Waals surface area (Å²) in [6, 6.07) is 0. The summed E-state index contributed by atoms with van der Waals surface area (Å²) < 4.78 is 5.27. The molecule has 3 heteroatoms. The second kappa shape index (κ2) is 8.86. The zero-order valence-electron chi connectivity index (χ0n) is 10.2. The number of carbonyl (C=O) groups excluding carboxylic acids is 1. The summed E-state index contributed by atoms with van der Waals surface area (Å²) in [6.07, 6.45) is 2.60. The van der Waals surface area contributed by atoms with Gasteiger partial charge in [-0.3, -0.25) is 4.79 Å². The van der Waals surface area contributed by atoms with Crippen molar-refractivity contribution in [2.75, 3.05) is 13.2 Å². The molecule has 0 aromatic rings. The van der Waals surface area contributed by atoms with Gasteiger partial charge in [0.1, 0.15) is 5.78 Å². The van der Waals surface area contributed by atoms with E-state index in [1.807, 2.05) is 13.8 Å². The van der Waals surface area contributed by atoms with Crippen LogP contribution >= 0.6 is 0 Å². The van der Waals surface area contributed by atoms with Gasteiger partial charge in [-0.15, -0.1) is 0 Å². The van der Waals surface area contributed by atoms with Crippen LogP contribution in [0.2, 0.25) is 0 Å². The molecule has 0 aliphatic rings. The van der Waals surface area contributed by atoms with Gasteiger partial charge in [0, 0.05) is 18.9 Å². The Bertz CT molecular complexity index is 166. The van der Waals surface area contributed by atoms with Crippen LogP contribution in [0.15, 0.2) is 0 Å². The highest BCUT2D eigenvalue weighted by Crippen LogP contribution is 2.05. The Labute approximate surface area is 92.8 Å². The monoisotopic (exact) mass is 216 g/mol. The SMILES string of the molecule is CCCCOCC(O)CCC(=O)C(C)C. The topological polar surface area (TPSA) is 46.5 Å². The van der Waals surface area contributed by atoms with Crippen molar-refractivity contribution in [1.29, 1.82) is 0 Å². The average molecular weight is 216 g/mol. The third-order valence-electron chi connectivity index (χ3n) is 2.32. The summed E-state index contributed by atoms with van der Waals surface area (Å²) in [5.41, 5.74) is 0. The van der Waals surface area contributed by atoms with Gasteiger partial charge in [-0.25, -0.2) is 0 Å². The number of ketones is 1. The van der Waals surface area contributed by atoms with Crippen LogP contribution in [0.1, 0.15) is 46.5 Å². The van der Waals surface area contributed by atoms with Crippen LogP contribution in [0, 0.1) is 5.92 Å². The Hall–Kier alpha value is -0.410. The minimum atomic E-state index is -0.496. The van der Waals surface area contributed by atoms with E-state index in [4.69, 9.17) is 4.74 Å². The van der Waals surface area contributed by atoms with Gasteiger partial charge in [0.15, 0.2) is 0 Å². The van der Waals surface area contributed by atoms with E-state index in [-0.39, 0.29) is 11.7 Å². The average Bonchev–Trinajstić information content (AvgIpc) is 2.20. The molecule has 0 aromatic heterocycles. The molecular weight excluding hydrogens is 192 g/mol. The maximum atomic E-state index is 11.3. The first kappa shape index (κ1) is 14.6. The molecular formula is C12H24O3. The largest absolute Gasteiger partial charge is 0.391 e. The van der Waals surface area contributed by atoms with Gasteiger partial charge in [0.2, 0.25) is 0 Å². The van der Waals surface area contributed by atoms with E-state index >= 15 is 0 Å². The van der Waals surface area contributed by atoms with Crippen molar-refractivity contribution in [2.45, 2.75) is 52.6 Å². The highest BCUT2D eigenvalue weighted by molar-refractivity contribution is 5.80. The predicted octanol–water partition coefficient (Wildman–Crippen LogP) is 2.17. The molecule has 0 fully saturated rings. The van der Waals surface area contributed by atoms with Crippen LogP contribution in [0.3, 0.4) is 0 Å².